The summed E-state index contributed by atoms with van der Waals surface area (Å²) in [5, 5.41) is 0. The third kappa shape index (κ3) is 9.09. The van der Waals surface area contributed by atoms with Crippen molar-refractivity contribution in [1.29, 1.82) is 0 Å². The minimum atomic E-state index is -1.12. The number of carbonyl (C=O) groups excluding carboxylic acids is 1. The number of carbonyl (C=O) groups is 1. The van der Waals surface area contributed by atoms with Gasteiger partial charge in [0.2, 0.25) is 5.88 Å². The van der Waals surface area contributed by atoms with Crippen LogP contribution in [0.1, 0.15) is 72.8 Å². The van der Waals surface area contributed by atoms with Crippen molar-refractivity contribution in [3.05, 3.63) is 72.3 Å². The Bertz CT molecular complexity index is 1150. The van der Waals surface area contributed by atoms with Crippen LogP contribution in [-0.4, -0.2) is 28.8 Å². The van der Waals surface area contributed by atoms with Crippen LogP contribution in [0.15, 0.2) is 66.7 Å². The van der Waals surface area contributed by atoms with E-state index < -0.39 is 17.2 Å². The summed E-state index contributed by atoms with van der Waals surface area (Å²) in [7, 11) is 0. The molecule has 1 heterocycles. The molecular weight excluding hydrogens is 478 g/mol. The lowest BCUT2D eigenvalue weighted by Crippen LogP contribution is -2.43. The van der Waals surface area contributed by atoms with E-state index in [1.807, 2.05) is 75.4 Å². The average molecular weight is 520 g/mol. The zero-order valence-electron chi connectivity index (χ0n) is 23.6. The van der Waals surface area contributed by atoms with E-state index in [4.69, 9.17) is 23.9 Å². The molecule has 6 heteroatoms. The number of nitrogens with zero attached hydrogens (tertiary/aromatic N) is 1. The van der Waals surface area contributed by atoms with Gasteiger partial charge in [-0.2, -0.15) is 0 Å². The number of benzene rings is 2. The standard InChI is InChI=1S/C32H41NO5/c1-7-8-9-13-22-35-29-25(16-21-28(33-29)24-14-11-10-12-15-24)23-36-26-17-19-27(20-18-26)37-32(5,6)30(34)38-31(2,3)4/h10-12,14-21H,7-9,13,22-23H2,1-6H3. The Hall–Kier alpha value is -3.54. The molecule has 0 aliphatic heterocycles. The summed E-state index contributed by atoms with van der Waals surface area (Å²) < 4.78 is 23.6. The first kappa shape index (κ1) is 29.0. The fourth-order valence-corrected chi connectivity index (χ4v) is 3.67. The van der Waals surface area contributed by atoms with Crippen LogP contribution >= 0.6 is 0 Å². The molecule has 0 N–H and O–H groups in total. The molecule has 0 amide bonds. The monoisotopic (exact) mass is 519 g/mol. The summed E-state index contributed by atoms with van der Waals surface area (Å²) >= 11 is 0. The Kier molecular flexibility index (Phi) is 10.2. The van der Waals surface area contributed by atoms with E-state index in [-0.39, 0.29) is 0 Å². The molecule has 0 saturated heterocycles. The lowest BCUT2D eigenvalue weighted by molar-refractivity contribution is -0.170. The lowest BCUT2D eigenvalue weighted by Gasteiger charge is -2.29. The van der Waals surface area contributed by atoms with Crippen LogP contribution in [0, 0.1) is 0 Å². The van der Waals surface area contributed by atoms with Crippen LogP contribution in [0.2, 0.25) is 0 Å². The van der Waals surface area contributed by atoms with Crippen molar-refractivity contribution in [1.82, 2.24) is 4.98 Å². The van der Waals surface area contributed by atoms with E-state index >= 15 is 0 Å². The zero-order chi connectivity index (χ0) is 27.6. The molecule has 0 saturated carbocycles. The van der Waals surface area contributed by atoms with Gasteiger partial charge in [0.05, 0.1) is 17.9 Å². The smallest absolute Gasteiger partial charge is 0.350 e. The second kappa shape index (κ2) is 13.3. The van der Waals surface area contributed by atoms with Crippen LogP contribution in [-0.2, 0) is 16.1 Å². The quantitative estimate of drug-likeness (QED) is 0.170. The number of ether oxygens (including phenoxy) is 4. The predicted molar refractivity (Wildman–Crippen MR) is 151 cm³/mol. The van der Waals surface area contributed by atoms with E-state index in [1.165, 1.54) is 12.8 Å². The highest BCUT2D eigenvalue weighted by molar-refractivity contribution is 5.79. The summed E-state index contributed by atoms with van der Waals surface area (Å²) in [6.07, 6.45) is 4.51. The highest BCUT2D eigenvalue weighted by Crippen LogP contribution is 2.27. The van der Waals surface area contributed by atoms with Gasteiger partial charge in [0.25, 0.3) is 0 Å². The number of pyridine rings is 1. The van der Waals surface area contributed by atoms with Gasteiger partial charge in [-0.15, -0.1) is 0 Å². The topological polar surface area (TPSA) is 66.9 Å². The largest absolute Gasteiger partial charge is 0.489 e. The minimum Gasteiger partial charge on any atom is -0.489 e. The van der Waals surface area contributed by atoms with Crippen LogP contribution < -0.4 is 14.2 Å². The van der Waals surface area contributed by atoms with Crippen molar-refractivity contribution in [2.24, 2.45) is 0 Å². The molecule has 38 heavy (non-hydrogen) atoms. The summed E-state index contributed by atoms with van der Waals surface area (Å²) in [4.78, 5) is 17.3. The van der Waals surface area contributed by atoms with Crippen molar-refractivity contribution in [2.45, 2.75) is 85.0 Å². The molecule has 0 atom stereocenters. The molecular formula is C32H41NO5. The maximum absolute atomic E-state index is 12.5. The van der Waals surface area contributed by atoms with Gasteiger partial charge >= 0.3 is 5.97 Å². The molecule has 0 radical (unpaired) electrons. The molecule has 3 aromatic rings. The van der Waals surface area contributed by atoms with Crippen LogP contribution in [0.4, 0.5) is 0 Å². The number of unbranched alkanes of at least 4 members (excludes halogenated alkanes) is 3. The molecule has 204 valence electrons. The maximum Gasteiger partial charge on any atom is 0.350 e. The number of esters is 1. The third-order valence-electron chi connectivity index (χ3n) is 5.73. The average Bonchev–Trinajstić information content (AvgIpc) is 2.88. The second-order valence-corrected chi connectivity index (χ2v) is 10.8. The molecule has 0 aliphatic rings. The van der Waals surface area contributed by atoms with Crippen molar-refractivity contribution in [3.63, 3.8) is 0 Å². The Morgan fingerprint density at radius 2 is 1.47 bits per heavy atom. The molecule has 6 nitrogen and oxygen atoms in total. The van der Waals surface area contributed by atoms with E-state index in [0.717, 1.165) is 29.7 Å². The number of aromatic nitrogens is 1. The Morgan fingerprint density at radius 1 is 0.789 bits per heavy atom. The van der Waals surface area contributed by atoms with Crippen LogP contribution in [0.5, 0.6) is 17.4 Å². The number of hydrogen-bond acceptors (Lipinski definition) is 6. The molecule has 2 aromatic carbocycles. The Balaban J connectivity index is 1.66. The summed E-state index contributed by atoms with van der Waals surface area (Å²) in [6, 6.07) is 21.3. The summed E-state index contributed by atoms with van der Waals surface area (Å²) in [5.41, 5.74) is 1.09. The van der Waals surface area contributed by atoms with Gasteiger partial charge in [0.1, 0.15) is 23.7 Å². The van der Waals surface area contributed by atoms with Crippen LogP contribution in [0.25, 0.3) is 11.3 Å². The zero-order valence-corrected chi connectivity index (χ0v) is 23.6. The maximum atomic E-state index is 12.5. The first-order valence-electron chi connectivity index (χ1n) is 13.4. The van der Waals surface area contributed by atoms with Gasteiger partial charge in [-0.1, -0.05) is 56.5 Å². The van der Waals surface area contributed by atoms with E-state index in [2.05, 4.69) is 6.92 Å². The third-order valence-corrected chi connectivity index (χ3v) is 5.73. The SMILES string of the molecule is CCCCCCOc1nc(-c2ccccc2)ccc1COc1ccc(OC(C)(C)C(=O)OC(C)(C)C)cc1. The van der Waals surface area contributed by atoms with Crippen molar-refractivity contribution >= 4 is 5.97 Å². The van der Waals surface area contributed by atoms with E-state index in [0.29, 0.717) is 30.6 Å². The van der Waals surface area contributed by atoms with Gasteiger partial charge in [0, 0.05) is 5.56 Å². The van der Waals surface area contributed by atoms with Gasteiger partial charge in [0.15, 0.2) is 5.60 Å². The number of rotatable bonds is 13. The molecule has 0 aliphatic carbocycles. The molecule has 1 aromatic heterocycles. The van der Waals surface area contributed by atoms with Gasteiger partial charge in [-0.05, 0) is 77.4 Å². The fourth-order valence-electron chi connectivity index (χ4n) is 3.67. The predicted octanol–water partition coefficient (Wildman–Crippen LogP) is 7.79. The molecule has 0 unspecified atom stereocenters. The normalized spacial score (nSPS) is 11.6. The highest BCUT2D eigenvalue weighted by Gasteiger charge is 2.34. The van der Waals surface area contributed by atoms with Crippen molar-refractivity contribution < 1.29 is 23.7 Å². The molecule has 0 spiro atoms. The Morgan fingerprint density at radius 3 is 2.13 bits per heavy atom. The molecule has 3 rings (SSSR count). The fraction of sp³-hybridized carbons (Fsp3) is 0.438. The van der Waals surface area contributed by atoms with E-state index in [9.17, 15) is 4.79 Å². The van der Waals surface area contributed by atoms with Gasteiger partial charge in [-0.3, -0.25) is 0 Å². The van der Waals surface area contributed by atoms with Crippen molar-refractivity contribution in [3.8, 4) is 28.6 Å². The lowest BCUT2D eigenvalue weighted by atomic mass is 10.1. The minimum absolute atomic E-state index is 0.315. The first-order valence-corrected chi connectivity index (χ1v) is 13.4. The molecule has 0 bridgehead atoms. The highest BCUT2D eigenvalue weighted by atomic mass is 16.6. The summed E-state index contributed by atoms with van der Waals surface area (Å²) in [6.45, 7) is 12.0. The second-order valence-electron chi connectivity index (χ2n) is 10.8. The first-order chi connectivity index (χ1) is 18.1. The van der Waals surface area contributed by atoms with Gasteiger partial charge in [-0.25, -0.2) is 9.78 Å². The van der Waals surface area contributed by atoms with Gasteiger partial charge < -0.3 is 18.9 Å². The number of hydrogen-bond donors (Lipinski definition) is 0. The van der Waals surface area contributed by atoms with Crippen LogP contribution in [0.3, 0.4) is 0 Å². The van der Waals surface area contributed by atoms with E-state index in [1.54, 1.807) is 26.0 Å². The Labute approximate surface area is 227 Å². The van der Waals surface area contributed by atoms with Crippen molar-refractivity contribution in [2.75, 3.05) is 6.61 Å². The summed E-state index contributed by atoms with van der Waals surface area (Å²) in [5.74, 6) is 1.41. The molecule has 0 fully saturated rings.